The molecule has 0 radical (unpaired) electrons. The standard InChI is InChI=1S/C4H9NO2/c5-7-6-3-4-1-2-4/h4H,1-3,5H2. The molecule has 1 rings (SSSR count). The Balaban J connectivity index is 1.80. The van der Waals surface area contributed by atoms with Gasteiger partial charge in [-0.15, -0.1) is 4.99 Å². The Bertz CT molecular complexity index is 53.7. The van der Waals surface area contributed by atoms with E-state index in [1.165, 1.54) is 12.8 Å². The Kier molecular flexibility index (Phi) is 1.62. The van der Waals surface area contributed by atoms with Crippen LogP contribution in [0.3, 0.4) is 0 Å². The van der Waals surface area contributed by atoms with Crippen LogP contribution < -0.4 is 5.90 Å². The Labute approximate surface area is 42.3 Å². The fraction of sp³-hybridized carbons (Fsp3) is 1.00. The third kappa shape index (κ3) is 1.87. The summed E-state index contributed by atoms with van der Waals surface area (Å²) in [4.78, 5) is 8.33. The maximum absolute atomic E-state index is 4.58. The fourth-order valence-electron chi connectivity index (χ4n) is 0.420. The van der Waals surface area contributed by atoms with E-state index in [0.717, 1.165) is 5.92 Å². The molecule has 0 atom stereocenters. The topological polar surface area (TPSA) is 44.5 Å². The van der Waals surface area contributed by atoms with Crippen LogP contribution in [0.15, 0.2) is 0 Å². The van der Waals surface area contributed by atoms with E-state index in [1.54, 1.807) is 0 Å². The van der Waals surface area contributed by atoms with E-state index in [2.05, 4.69) is 15.8 Å². The van der Waals surface area contributed by atoms with Gasteiger partial charge in [0.25, 0.3) is 0 Å². The lowest BCUT2D eigenvalue weighted by atomic mass is 10.5. The first kappa shape index (κ1) is 5.03. The second-order valence-corrected chi connectivity index (χ2v) is 1.82. The van der Waals surface area contributed by atoms with Gasteiger partial charge in [0.05, 0.1) is 6.61 Å². The van der Waals surface area contributed by atoms with Gasteiger partial charge in [-0.25, -0.2) is 4.89 Å². The number of rotatable bonds is 3. The van der Waals surface area contributed by atoms with Crippen molar-refractivity contribution in [1.82, 2.24) is 0 Å². The molecular formula is C4H9NO2. The molecule has 0 aromatic carbocycles. The quantitative estimate of drug-likeness (QED) is 0.410. The molecule has 0 heterocycles. The van der Waals surface area contributed by atoms with Gasteiger partial charge < -0.3 is 0 Å². The summed E-state index contributed by atoms with van der Waals surface area (Å²) >= 11 is 0. The minimum Gasteiger partial charge on any atom is -0.218 e. The molecule has 1 aliphatic rings. The van der Waals surface area contributed by atoms with E-state index >= 15 is 0 Å². The molecule has 0 saturated heterocycles. The molecule has 7 heavy (non-hydrogen) atoms. The van der Waals surface area contributed by atoms with Crippen molar-refractivity contribution in [2.45, 2.75) is 12.8 Å². The van der Waals surface area contributed by atoms with Crippen molar-refractivity contribution in [2.75, 3.05) is 6.61 Å². The summed E-state index contributed by atoms with van der Waals surface area (Å²) in [6, 6.07) is 0. The van der Waals surface area contributed by atoms with Gasteiger partial charge in [0, 0.05) is 0 Å². The second-order valence-electron chi connectivity index (χ2n) is 1.82. The van der Waals surface area contributed by atoms with Gasteiger partial charge in [0.15, 0.2) is 0 Å². The second kappa shape index (κ2) is 2.26. The van der Waals surface area contributed by atoms with Crippen LogP contribution >= 0.6 is 0 Å². The summed E-state index contributed by atoms with van der Waals surface area (Å²) in [5, 5.41) is 0. The number of hydrogen-bond donors (Lipinski definition) is 1. The zero-order chi connectivity index (χ0) is 5.11. The Hall–Kier alpha value is -0.120. The fourth-order valence-corrected chi connectivity index (χ4v) is 0.420. The highest BCUT2D eigenvalue weighted by atomic mass is 17.3. The third-order valence-corrected chi connectivity index (χ3v) is 1.07. The van der Waals surface area contributed by atoms with E-state index in [9.17, 15) is 0 Å². The van der Waals surface area contributed by atoms with Gasteiger partial charge in [0.2, 0.25) is 0 Å². The van der Waals surface area contributed by atoms with Crippen LogP contribution in [0.2, 0.25) is 0 Å². The lowest BCUT2D eigenvalue weighted by Gasteiger charge is -1.91. The average Bonchev–Trinajstić information content (AvgIpc) is 2.42. The summed E-state index contributed by atoms with van der Waals surface area (Å²) in [6.07, 6.45) is 2.53. The molecule has 0 bridgehead atoms. The summed E-state index contributed by atoms with van der Waals surface area (Å²) in [5.74, 6) is 5.31. The molecule has 0 aromatic heterocycles. The van der Waals surface area contributed by atoms with E-state index in [1.807, 2.05) is 0 Å². The lowest BCUT2D eigenvalue weighted by Crippen LogP contribution is -2.02. The highest BCUT2D eigenvalue weighted by molar-refractivity contribution is 4.71. The number of hydrogen-bond acceptors (Lipinski definition) is 3. The monoisotopic (exact) mass is 103 g/mol. The maximum Gasteiger partial charge on any atom is 0.0870 e. The largest absolute Gasteiger partial charge is 0.218 e. The van der Waals surface area contributed by atoms with E-state index in [0.29, 0.717) is 6.61 Å². The van der Waals surface area contributed by atoms with Crippen LogP contribution in [0.25, 0.3) is 0 Å². The first-order valence-electron chi connectivity index (χ1n) is 2.42. The van der Waals surface area contributed by atoms with Crippen molar-refractivity contribution in [1.29, 1.82) is 0 Å². The van der Waals surface area contributed by atoms with Crippen LogP contribution in [-0.2, 0) is 9.88 Å². The van der Waals surface area contributed by atoms with Crippen molar-refractivity contribution >= 4 is 0 Å². The highest BCUT2D eigenvalue weighted by Gasteiger charge is 2.21. The van der Waals surface area contributed by atoms with Crippen LogP contribution in [0.5, 0.6) is 0 Å². The molecule has 2 N–H and O–H groups in total. The van der Waals surface area contributed by atoms with Crippen molar-refractivity contribution in [3.05, 3.63) is 0 Å². The first-order chi connectivity index (χ1) is 3.43. The molecule has 3 heteroatoms. The molecule has 0 spiro atoms. The predicted molar refractivity (Wildman–Crippen MR) is 23.9 cm³/mol. The third-order valence-electron chi connectivity index (χ3n) is 1.07. The smallest absolute Gasteiger partial charge is 0.0870 e. The summed E-state index contributed by atoms with van der Waals surface area (Å²) in [5.41, 5.74) is 0. The molecule has 1 aliphatic carbocycles. The molecule has 3 nitrogen and oxygen atoms in total. The Morgan fingerprint density at radius 3 is 2.71 bits per heavy atom. The zero-order valence-corrected chi connectivity index (χ0v) is 4.09. The SMILES string of the molecule is NOOCC1CC1. The van der Waals surface area contributed by atoms with Gasteiger partial charge in [0.1, 0.15) is 0 Å². The Morgan fingerprint density at radius 2 is 2.29 bits per heavy atom. The van der Waals surface area contributed by atoms with Crippen LogP contribution in [0, 0.1) is 5.92 Å². The van der Waals surface area contributed by atoms with Gasteiger partial charge >= 0.3 is 0 Å². The molecule has 1 saturated carbocycles. The van der Waals surface area contributed by atoms with Crippen LogP contribution in [0.1, 0.15) is 12.8 Å². The van der Waals surface area contributed by atoms with Crippen LogP contribution in [-0.4, -0.2) is 6.61 Å². The van der Waals surface area contributed by atoms with Crippen molar-refractivity contribution in [2.24, 2.45) is 11.8 Å². The molecule has 1 fully saturated rings. The van der Waals surface area contributed by atoms with Gasteiger partial charge in [-0.1, -0.05) is 0 Å². The highest BCUT2D eigenvalue weighted by Crippen LogP contribution is 2.28. The molecule has 0 amide bonds. The average molecular weight is 103 g/mol. The zero-order valence-electron chi connectivity index (χ0n) is 4.09. The van der Waals surface area contributed by atoms with E-state index in [4.69, 9.17) is 0 Å². The minimum atomic E-state index is 0.663. The maximum atomic E-state index is 4.58. The summed E-state index contributed by atoms with van der Waals surface area (Å²) < 4.78 is 0. The molecule has 42 valence electrons. The number of nitrogens with two attached hydrogens (primary N) is 1. The molecular weight excluding hydrogens is 94.0 g/mol. The summed E-state index contributed by atoms with van der Waals surface area (Å²) in [7, 11) is 0. The minimum absolute atomic E-state index is 0.663. The lowest BCUT2D eigenvalue weighted by molar-refractivity contribution is -0.302. The van der Waals surface area contributed by atoms with Gasteiger partial charge in [-0.3, -0.25) is 0 Å². The van der Waals surface area contributed by atoms with Gasteiger partial charge in [-0.2, -0.15) is 5.90 Å². The van der Waals surface area contributed by atoms with Crippen molar-refractivity contribution in [3.8, 4) is 0 Å². The predicted octanol–water partition coefficient (Wildman–Crippen LogP) is 0.218. The van der Waals surface area contributed by atoms with E-state index in [-0.39, 0.29) is 0 Å². The molecule has 0 aromatic rings. The normalized spacial score (nSPS) is 20.1. The van der Waals surface area contributed by atoms with Crippen LogP contribution in [0.4, 0.5) is 0 Å². The molecule has 0 unspecified atom stereocenters. The van der Waals surface area contributed by atoms with Crippen molar-refractivity contribution < 1.29 is 9.88 Å². The van der Waals surface area contributed by atoms with Gasteiger partial charge in [-0.05, 0) is 18.8 Å². The first-order valence-corrected chi connectivity index (χ1v) is 2.42. The van der Waals surface area contributed by atoms with E-state index < -0.39 is 0 Å². The summed E-state index contributed by atoms with van der Waals surface area (Å²) in [6.45, 7) is 0.663. The Morgan fingerprint density at radius 1 is 1.57 bits per heavy atom. The van der Waals surface area contributed by atoms with Crippen molar-refractivity contribution in [3.63, 3.8) is 0 Å². The molecule has 0 aliphatic heterocycles.